The molecule has 1 saturated carbocycles. The number of fused-ring (bicyclic) bond motifs is 1. The molecule has 2 aliphatic rings. The van der Waals surface area contributed by atoms with Crippen LogP contribution >= 0.6 is 0 Å². The molecule has 1 fully saturated rings. The Bertz CT molecular complexity index is 486. The normalized spacial score (nSPS) is 35.4. The highest BCUT2D eigenvalue weighted by Gasteiger charge is 2.54. The first-order chi connectivity index (χ1) is 9.84. The Morgan fingerprint density at radius 3 is 2.71 bits per heavy atom. The Hall–Kier alpha value is -1.18. The molecular weight excluding hydrogens is 260 g/mol. The molecule has 2 aliphatic carbocycles. The average molecular weight is 288 g/mol. The lowest BCUT2D eigenvalue weighted by Crippen LogP contribution is -2.51. The Balaban J connectivity index is 2.09. The van der Waals surface area contributed by atoms with Crippen molar-refractivity contribution in [3.8, 4) is 0 Å². The van der Waals surface area contributed by atoms with Crippen molar-refractivity contribution in [3.63, 3.8) is 0 Å². The fourth-order valence-electron chi connectivity index (χ4n) is 4.05. The topological polar surface area (TPSA) is 34.1 Å². The molecule has 116 valence electrons. The number of hydrogen-bond acceptors (Lipinski definition) is 2. The number of carbonyl (C=O) groups is 2. The molecule has 0 bridgehead atoms. The molecule has 0 spiro atoms. The summed E-state index contributed by atoms with van der Waals surface area (Å²) in [7, 11) is 0. The van der Waals surface area contributed by atoms with Gasteiger partial charge in [-0.2, -0.15) is 0 Å². The third-order valence-corrected chi connectivity index (χ3v) is 5.62. The van der Waals surface area contributed by atoms with Gasteiger partial charge in [0.25, 0.3) is 0 Å². The van der Waals surface area contributed by atoms with Crippen molar-refractivity contribution in [2.45, 2.75) is 65.7 Å². The SMILES string of the molecule is C=C1CC/C=C(/C)CC[C@H]2[C@H]1C[C@]2(C)C(=O)CCC(C)=O. The maximum atomic E-state index is 12.6. The minimum Gasteiger partial charge on any atom is -0.300 e. The molecule has 0 aromatic heterocycles. The van der Waals surface area contributed by atoms with Crippen molar-refractivity contribution < 1.29 is 9.59 Å². The highest BCUT2D eigenvalue weighted by atomic mass is 16.1. The highest BCUT2D eigenvalue weighted by Crippen LogP contribution is 2.57. The fourth-order valence-corrected chi connectivity index (χ4v) is 4.05. The largest absolute Gasteiger partial charge is 0.300 e. The van der Waals surface area contributed by atoms with E-state index in [1.165, 1.54) is 11.1 Å². The summed E-state index contributed by atoms with van der Waals surface area (Å²) in [5.74, 6) is 1.33. The molecule has 0 unspecified atom stereocenters. The molecule has 21 heavy (non-hydrogen) atoms. The van der Waals surface area contributed by atoms with Gasteiger partial charge in [0.2, 0.25) is 0 Å². The minimum atomic E-state index is -0.228. The van der Waals surface area contributed by atoms with E-state index in [1.54, 1.807) is 6.92 Å². The third-order valence-electron chi connectivity index (χ3n) is 5.62. The van der Waals surface area contributed by atoms with Gasteiger partial charge in [-0.15, -0.1) is 0 Å². The van der Waals surface area contributed by atoms with Gasteiger partial charge >= 0.3 is 0 Å². The van der Waals surface area contributed by atoms with Gasteiger partial charge in [0.15, 0.2) is 0 Å². The van der Waals surface area contributed by atoms with Crippen molar-refractivity contribution in [1.29, 1.82) is 0 Å². The molecule has 0 saturated heterocycles. The summed E-state index contributed by atoms with van der Waals surface area (Å²) in [6.45, 7) is 10.1. The van der Waals surface area contributed by atoms with Crippen molar-refractivity contribution in [2.24, 2.45) is 17.3 Å². The predicted molar refractivity (Wildman–Crippen MR) is 86.0 cm³/mol. The number of hydrogen-bond donors (Lipinski definition) is 0. The zero-order chi connectivity index (χ0) is 15.6. The summed E-state index contributed by atoms with van der Waals surface area (Å²) in [5.41, 5.74) is 2.53. The summed E-state index contributed by atoms with van der Waals surface area (Å²) in [4.78, 5) is 23.7. The molecule has 0 aliphatic heterocycles. The molecule has 2 nitrogen and oxygen atoms in total. The quantitative estimate of drug-likeness (QED) is 0.706. The second kappa shape index (κ2) is 6.29. The van der Waals surface area contributed by atoms with Crippen LogP contribution in [0, 0.1) is 17.3 Å². The van der Waals surface area contributed by atoms with E-state index in [2.05, 4.69) is 26.5 Å². The van der Waals surface area contributed by atoms with Crippen LogP contribution in [0.3, 0.4) is 0 Å². The monoisotopic (exact) mass is 288 g/mol. The van der Waals surface area contributed by atoms with E-state index in [0.717, 1.165) is 32.1 Å². The van der Waals surface area contributed by atoms with E-state index in [0.29, 0.717) is 24.7 Å². The van der Waals surface area contributed by atoms with Gasteiger partial charge in [0, 0.05) is 18.3 Å². The van der Waals surface area contributed by atoms with E-state index in [-0.39, 0.29) is 17.0 Å². The first-order valence-electron chi connectivity index (χ1n) is 8.20. The molecule has 0 N–H and O–H groups in total. The lowest BCUT2D eigenvalue weighted by molar-refractivity contribution is -0.143. The number of ketones is 2. The Labute approximate surface area is 128 Å². The fraction of sp³-hybridized carbons (Fsp3) is 0.684. The van der Waals surface area contributed by atoms with Crippen molar-refractivity contribution in [1.82, 2.24) is 0 Å². The zero-order valence-electron chi connectivity index (χ0n) is 13.7. The van der Waals surface area contributed by atoms with Crippen LogP contribution in [0.4, 0.5) is 0 Å². The van der Waals surface area contributed by atoms with Crippen molar-refractivity contribution >= 4 is 11.6 Å². The van der Waals surface area contributed by atoms with Gasteiger partial charge in [-0.05, 0) is 57.8 Å². The Kier molecular flexibility index (Phi) is 4.85. The van der Waals surface area contributed by atoms with E-state index in [4.69, 9.17) is 0 Å². The van der Waals surface area contributed by atoms with Gasteiger partial charge in [-0.25, -0.2) is 0 Å². The van der Waals surface area contributed by atoms with Gasteiger partial charge in [0.1, 0.15) is 11.6 Å². The van der Waals surface area contributed by atoms with Crippen molar-refractivity contribution in [2.75, 3.05) is 0 Å². The molecular formula is C19H28O2. The van der Waals surface area contributed by atoms with Crippen LogP contribution in [0.1, 0.15) is 65.7 Å². The highest BCUT2D eigenvalue weighted by molar-refractivity contribution is 5.89. The Morgan fingerprint density at radius 1 is 1.33 bits per heavy atom. The van der Waals surface area contributed by atoms with Gasteiger partial charge < -0.3 is 4.79 Å². The maximum Gasteiger partial charge on any atom is 0.139 e. The van der Waals surface area contributed by atoms with Gasteiger partial charge in [-0.3, -0.25) is 4.79 Å². The van der Waals surface area contributed by atoms with Crippen LogP contribution in [0.2, 0.25) is 0 Å². The number of carbonyl (C=O) groups excluding carboxylic acids is 2. The van der Waals surface area contributed by atoms with Crippen molar-refractivity contribution in [3.05, 3.63) is 23.8 Å². The average Bonchev–Trinajstić information content (AvgIpc) is 2.45. The zero-order valence-corrected chi connectivity index (χ0v) is 13.7. The lowest BCUT2D eigenvalue weighted by Gasteiger charge is -2.53. The molecule has 2 rings (SSSR count). The summed E-state index contributed by atoms with van der Waals surface area (Å²) in [6, 6.07) is 0. The van der Waals surface area contributed by atoms with Crippen LogP contribution in [-0.4, -0.2) is 11.6 Å². The third kappa shape index (κ3) is 3.36. The maximum absolute atomic E-state index is 12.6. The number of allylic oxidation sites excluding steroid dienone is 3. The van der Waals surface area contributed by atoms with Crippen LogP contribution in [0.25, 0.3) is 0 Å². The first kappa shape index (κ1) is 16.2. The Morgan fingerprint density at radius 2 is 2.05 bits per heavy atom. The molecule has 0 radical (unpaired) electrons. The van der Waals surface area contributed by atoms with Gasteiger partial charge in [0.05, 0.1) is 0 Å². The van der Waals surface area contributed by atoms with Gasteiger partial charge in [-0.1, -0.05) is 30.7 Å². The molecule has 0 aromatic rings. The lowest BCUT2D eigenvalue weighted by atomic mass is 9.49. The molecule has 0 amide bonds. The molecule has 0 heterocycles. The van der Waals surface area contributed by atoms with E-state index in [1.807, 2.05) is 0 Å². The van der Waals surface area contributed by atoms with E-state index in [9.17, 15) is 9.59 Å². The summed E-state index contributed by atoms with van der Waals surface area (Å²) in [5, 5.41) is 0. The van der Waals surface area contributed by atoms with Crippen LogP contribution in [0.15, 0.2) is 23.8 Å². The van der Waals surface area contributed by atoms with Crippen LogP contribution in [0.5, 0.6) is 0 Å². The number of rotatable bonds is 4. The second-order valence-electron chi connectivity index (χ2n) is 7.25. The smallest absolute Gasteiger partial charge is 0.139 e. The molecule has 3 atom stereocenters. The summed E-state index contributed by atoms with van der Waals surface area (Å²) < 4.78 is 0. The predicted octanol–water partition coefficient (Wildman–Crippen LogP) is 4.64. The molecule has 0 aromatic carbocycles. The standard InChI is InChI=1S/C19H28O2/c1-13-6-5-7-14(2)16-12-19(4,17(16)10-8-13)18(21)11-9-15(3)20/h6,16-17H,2,5,7-12H2,1,3-4H3/b13-6-/t16-,17-,19-/m0/s1. The second-order valence-corrected chi connectivity index (χ2v) is 7.25. The van der Waals surface area contributed by atoms with E-state index >= 15 is 0 Å². The minimum absolute atomic E-state index is 0.112. The van der Waals surface area contributed by atoms with Crippen LogP contribution < -0.4 is 0 Å². The molecule has 2 heteroatoms. The van der Waals surface area contributed by atoms with E-state index < -0.39 is 0 Å². The van der Waals surface area contributed by atoms with Crippen LogP contribution in [-0.2, 0) is 9.59 Å². The number of Topliss-reactive ketones (excluding diaryl/α,β-unsaturated/α-hetero) is 2. The summed E-state index contributed by atoms with van der Waals surface area (Å²) >= 11 is 0. The first-order valence-corrected chi connectivity index (χ1v) is 8.20. The summed E-state index contributed by atoms with van der Waals surface area (Å²) in [6.07, 6.45) is 8.37.